The van der Waals surface area contributed by atoms with Gasteiger partial charge in [0, 0.05) is 11.8 Å². The van der Waals surface area contributed by atoms with Crippen LogP contribution in [0.25, 0.3) is 10.6 Å². The predicted octanol–water partition coefficient (Wildman–Crippen LogP) is 3.38. The zero-order chi connectivity index (χ0) is 10.8. The minimum Gasteiger partial charge on any atom is -0.235 e. The second kappa shape index (κ2) is 4.24. The van der Waals surface area contributed by atoms with E-state index in [1.807, 2.05) is 6.07 Å². The molecule has 0 saturated carbocycles. The van der Waals surface area contributed by atoms with Crippen molar-refractivity contribution in [3.8, 4) is 10.6 Å². The van der Waals surface area contributed by atoms with E-state index in [9.17, 15) is 0 Å². The zero-order valence-corrected chi connectivity index (χ0v) is 10.0. The first-order valence-corrected chi connectivity index (χ1v) is 5.76. The Bertz CT molecular complexity index is 454. The Morgan fingerprint density at radius 3 is 2.73 bits per heavy atom. The SMILES string of the molecule is CC(C)c1c(Cl)ncnc1-c1ccns1. The van der Waals surface area contributed by atoms with Gasteiger partial charge in [0.15, 0.2) is 0 Å². The average Bonchev–Trinajstić information content (AvgIpc) is 2.69. The van der Waals surface area contributed by atoms with Crippen molar-refractivity contribution in [3.05, 3.63) is 29.3 Å². The van der Waals surface area contributed by atoms with E-state index in [2.05, 4.69) is 28.2 Å². The van der Waals surface area contributed by atoms with Gasteiger partial charge in [-0.25, -0.2) is 14.3 Å². The Kier molecular flexibility index (Phi) is 2.98. The number of aromatic nitrogens is 3. The number of nitrogens with zero attached hydrogens (tertiary/aromatic N) is 3. The topological polar surface area (TPSA) is 38.7 Å². The first-order valence-electron chi connectivity index (χ1n) is 4.61. The fourth-order valence-corrected chi connectivity index (χ4v) is 2.38. The monoisotopic (exact) mass is 239 g/mol. The van der Waals surface area contributed by atoms with Crippen LogP contribution in [0.5, 0.6) is 0 Å². The highest BCUT2D eigenvalue weighted by molar-refractivity contribution is 7.09. The van der Waals surface area contributed by atoms with Gasteiger partial charge < -0.3 is 0 Å². The van der Waals surface area contributed by atoms with Crippen LogP contribution in [0.4, 0.5) is 0 Å². The quantitative estimate of drug-likeness (QED) is 0.755. The normalized spacial score (nSPS) is 10.9. The van der Waals surface area contributed by atoms with E-state index in [1.54, 1.807) is 6.20 Å². The molecule has 0 bridgehead atoms. The van der Waals surface area contributed by atoms with Crippen LogP contribution in [-0.4, -0.2) is 14.3 Å². The van der Waals surface area contributed by atoms with E-state index in [-0.39, 0.29) is 0 Å². The van der Waals surface area contributed by atoms with Gasteiger partial charge in [0.1, 0.15) is 11.5 Å². The van der Waals surface area contributed by atoms with Crippen LogP contribution in [0.3, 0.4) is 0 Å². The van der Waals surface area contributed by atoms with E-state index < -0.39 is 0 Å². The van der Waals surface area contributed by atoms with Crippen molar-refractivity contribution in [1.29, 1.82) is 0 Å². The highest BCUT2D eigenvalue weighted by Crippen LogP contribution is 2.32. The van der Waals surface area contributed by atoms with E-state index in [1.165, 1.54) is 17.9 Å². The first-order chi connectivity index (χ1) is 7.20. The van der Waals surface area contributed by atoms with Crippen LogP contribution in [0.1, 0.15) is 25.3 Å². The molecule has 0 N–H and O–H groups in total. The largest absolute Gasteiger partial charge is 0.235 e. The number of halogens is 1. The molecular weight excluding hydrogens is 230 g/mol. The van der Waals surface area contributed by atoms with E-state index in [0.717, 1.165) is 16.1 Å². The van der Waals surface area contributed by atoms with Gasteiger partial charge in [-0.3, -0.25) is 0 Å². The van der Waals surface area contributed by atoms with Crippen LogP contribution in [0.2, 0.25) is 5.15 Å². The highest BCUT2D eigenvalue weighted by Gasteiger charge is 2.15. The van der Waals surface area contributed by atoms with Crippen molar-refractivity contribution < 1.29 is 0 Å². The third-order valence-electron chi connectivity index (χ3n) is 2.08. The van der Waals surface area contributed by atoms with Crippen LogP contribution >= 0.6 is 23.1 Å². The number of hydrogen-bond donors (Lipinski definition) is 0. The standard InChI is InChI=1S/C10H10ClN3S/c1-6(2)8-9(7-3-4-14-15-7)12-5-13-10(8)11/h3-6H,1-2H3. The van der Waals surface area contributed by atoms with Gasteiger partial charge in [0.25, 0.3) is 0 Å². The third-order valence-corrected chi connectivity index (χ3v) is 3.14. The van der Waals surface area contributed by atoms with Crippen LogP contribution in [0, 0.1) is 0 Å². The molecule has 0 spiro atoms. The van der Waals surface area contributed by atoms with Crippen LogP contribution in [-0.2, 0) is 0 Å². The molecule has 2 aromatic heterocycles. The molecule has 0 aliphatic rings. The summed E-state index contributed by atoms with van der Waals surface area (Å²) in [5, 5.41) is 0.531. The Hall–Kier alpha value is -1.00. The van der Waals surface area contributed by atoms with Gasteiger partial charge in [-0.05, 0) is 23.5 Å². The second-order valence-corrected chi connectivity index (χ2v) is 4.65. The van der Waals surface area contributed by atoms with Crippen molar-refractivity contribution in [2.75, 3.05) is 0 Å². The molecule has 2 heterocycles. The zero-order valence-electron chi connectivity index (χ0n) is 8.44. The number of rotatable bonds is 2. The summed E-state index contributed by atoms with van der Waals surface area (Å²) in [7, 11) is 0. The van der Waals surface area contributed by atoms with Gasteiger partial charge >= 0.3 is 0 Å². The lowest BCUT2D eigenvalue weighted by Gasteiger charge is -2.10. The molecule has 5 heteroatoms. The molecule has 0 amide bonds. The van der Waals surface area contributed by atoms with Gasteiger partial charge in [-0.2, -0.15) is 0 Å². The predicted molar refractivity (Wildman–Crippen MR) is 62.2 cm³/mol. The molecule has 0 fully saturated rings. The minimum atomic E-state index is 0.302. The maximum atomic E-state index is 6.07. The molecule has 78 valence electrons. The first kappa shape index (κ1) is 10.5. The van der Waals surface area contributed by atoms with Crippen molar-refractivity contribution in [3.63, 3.8) is 0 Å². The van der Waals surface area contributed by atoms with E-state index in [4.69, 9.17) is 11.6 Å². The van der Waals surface area contributed by atoms with Crippen molar-refractivity contribution in [2.45, 2.75) is 19.8 Å². The van der Waals surface area contributed by atoms with Gasteiger partial charge in [-0.1, -0.05) is 25.4 Å². The van der Waals surface area contributed by atoms with Crippen molar-refractivity contribution >= 4 is 23.1 Å². The summed E-state index contributed by atoms with van der Waals surface area (Å²) in [5.74, 6) is 0.302. The Morgan fingerprint density at radius 2 is 2.13 bits per heavy atom. The maximum Gasteiger partial charge on any atom is 0.136 e. The fourth-order valence-electron chi connectivity index (χ4n) is 1.42. The average molecular weight is 240 g/mol. The molecule has 0 aliphatic heterocycles. The lowest BCUT2D eigenvalue weighted by atomic mass is 10.0. The summed E-state index contributed by atoms with van der Waals surface area (Å²) in [6.45, 7) is 4.16. The summed E-state index contributed by atoms with van der Waals surface area (Å²) < 4.78 is 4.07. The molecule has 2 aromatic rings. The third kappa shape index (κ3) is 2.01. The molecule has 0 atom stereocenters. The molecule has 15 heavy (non-hydrogen) atoms. The minimum absolute atomic E-state index is 0.302. The molecule has 0 aromatic carbocycles. The lowest BCUT2D eigenvalue weighted by molar-refractivity contribution is 0.850. The van der Waals surface area contributed by atoms with Gasteiger partial charge in [0.05, 0.1) is 10.6 Å². The summed E-state index contributed by atoms with van der Waals surface area (Å²) in [5.41, 5.74) is 1.89. The van der Waals surface area contributed by atoms with Crippen molar-refractivity contribution in [2.24, 2.45) is 0 Å². The molecule has 0 aliphatic carbocycles. The molecule has 0 saturated heterocycles. The summed E-state index contributed by atoms with van der Waals surface area (Å²) >= 11 is 7.49. The molecular formula is C10H10ClN3S. The van der Waals surface area contributed by atoms with E-state index in [0.29, 0.717) is 11.1 Å². The van der Waals surface area contributed by atoms with Gasteiger partial charge in [0.2, 0.25) is 0 Å². The van der Waals surface area contributed by atoms with Crippen molar-refractivity contribution in [1.82, 2.24) is 14.3 Å². The second-order valence-electron chi connectivity index (χ2n) is 3.46. The smallest absolute Gasteiger partial charge is 0.136 e. The molecule has 3 nitrogen and oxygen atoms in total. The summed E-state index contributed by atoms with van der Waals surface area (Å²) in [4.78, 5) is 9.32. The Labute approximate surface area is 97.3 Å². The number of hydrogen-bond acceptors (Lipinski definition) is 4. The molecule has 0 radical (unpaired) electrons. The molecule has 2 rings (SSSR count). The Morgan fingerprint density at radius 1 is 1.33 bits per heavy atom. The van der Waals surface area contributed by atoms with E-state index >= 15 is 0 Å². The maximum absolute atomic E-state index is 6.07. The fraction of sp³-hybridized carbons (Fsp3) is 0.300. The van der Waals surface area contributed by atoms with Crippen LogP contribution < -0.4 is 0 Å². The summed E-state index contributed by atoms with van der Waals surface area (Å²) in [6.07, 6.45) is 3.25. The van der Waals surface area contributed by atoms with Gasteiger partial charge in [-0.15, -0.1) is 0 Å². The lowest BCUT2D eigenvalue weighted by Crippen LogP contribution is -1.97. The summed E-state index contributed by atoms with van der Waals surface area (Å²) in [6, 6.07) is 1.94. The Balaban J connectivity index is 2.61. The molecule has 0 unspecified atom stereocenters. The highest BCUT2D eigenvalue weighted by atomic mass is 35.5. The van der Waals surface area contributed by atoms with Crippen LogP contribution in [0.15, 0.2) is 18.6 Å².